The molecule has 0 fully saturated rings. The molecule has 0 unspecified atom stereocenters. The summed E-state index contributed by atoms with van der Waals surface area (Å²) in [6, 6.07) is 11.9. The van der Waals surface area contributed by atoms with Gasteiger partial charge in [-0.05, 0) is 75.1 Å². The molecule has 2 heterocycles. The highest BCUT2D eigenvalue weighted by atomic mass is 35.5. The average molecular weight is 723 g/mol. The molecule has 0 amide bonds. The predicted octanol–water partition coefficient (Wildman–Crippen LogP) is 9.24. The van der Waals surface area contributed by atoms with E-state index in [-0.39, 0.29) is 16.6 Å². The van der Waals surface area contributed by atoms with E-state index >= 15 is 0 Å². The van der Waals surface area contributed by atoms with Gasteiger partial charge in [-0.3, -0.25) is 4.55 Å². The summed E-state index contributed by atoms with van der Waals surface area (Å²) >= 11 is 13.8. The molecule has 47 heavy (non-hydrogen) atoms. The summed E-state index contributed by atoms with van der Waals surface area (Å²) in [5.74, 6) is 0.448. The minimum Gasteiger partial charge on any atom is -0.344 e. The molecule has 0 atom stereocenters. The lowest BCUT2D eigenvalue weighted by Gasteiger charge is -2.27. The molecule has 0 saturated heterocycles. The Bertz CT molecular complexity index is 1700. The van der Waals surface area contributed by atoms with Crippen molar-refractivity contribution >= 4 is 62.4 Å². The number of benzene rings is 2. The van der Waals surface area contributed by atoms with Crippen LogP contribution in [0, 0.1) is 0 Å². The van der Waals surface area contributed by atoms with Gasteiger partial charge in [0.05, 0.1) is 11.2 Å². The fourth-order valence-corrected chi connectivity index (χ4v) is 7.65. The Balaban J connectivity index is 1.50. The number of allylic oxidation sites excluding steroid dienone is 8. The first kappa shape index (κ1) is 37.4. The summed E-state index contributed by atoms with van der Waals surface area (Å²) in [5, 5.41) is 13.4. The molecule has 2 aromatic carbocycles. The van der Waals surface area contributed by atoms with Gasteiger partial charge in [0.2, 0.25) is 5.69 Å². The van der Waals surface area contributed by atoms with Gasteiger partial charge in [0.25, 0.3) is 10.1 Å². The van der Waals surface area contributed by atoms with Gasteiger partial charge in [0, 0.05) is 75.3 Å². The van der Waals surface area contributed by atoms with Crippen LogP contribution in [0.4, 0.5) is 11.4 Å². The van der Waals surface area contributed by atoms with Crippen molar-refractivity contribution in [1.29, 1.82) is 0 Å². The van der Waals surface area contributed by atoms with E-state index in [0.717, 1.165) is 54.1 Å². The average Bonchev–Trinajstić information content (AvgIpc) is 3.33. The van der Waals surface area contributed by atoms with Crippen LogP contribution in [0.3, 0.4) is 0 Å². The van der Waals surface area contributed by atoms with Crippen LogP contribution in [-0.4, -0.2) is 53.1 Å². The molecule has 254 valence electrons. The Morgan fingerprint density at radius 2 is 1.57 bits per heavy atom. The van der Waals surface area contributed by atoms with Crippen molar-refractivity contribution in [3.05, 3.63) is 106 Å². The molecule has 8 nitrogen and oxygen atoms in total. The molecule has 0 radical (unpaired) electrons. The minimum absolute atomic E-state index is 0.232. The highest BCUT2D eigenvalue weighted by molar-refractivity contribution is 7.94. The molecule has 0 saturated carbocycles. The molecular weight excluding hydrogens is 679 g/mol. The second-order valence-corrected chi connectivity index (χ2v) is 15.8. The van der Waals surface area contributed by atoms with Crippen LogP contribution in [-0.2, 0) is 30.3 Å². The smallest absolute Gasteiger partial charge is 0.264 e. The van der Waals surface area contributed by atoms with E-state index in [9.17, 15) is 8.42 Å². The molecule has 0 spiro atoms. The van der Waals surface area contributed by atoms with Crippen LogP contribution in [0.2, 0.25) is 10.0 Å². The van der Waals surface area contributed by atoms with Gasteiger partial charge in [0.15, 0.2) is 5.71 Å². The molecule has 2 aliphatic heterocycles. The number of hydrogen-bond donors (Lipinski definition) is 2. The number of nitrogens with zero attached hydrogens (tertiary/aromatic N) is 2. The van der Waals surface area contributed by atoms with Crippen LogP contribution in [0.15, 0.2) is 84.6 Å². The summed E-state index contributed by atoms with van der Waals surface area (Å²) in [5.41, 5.74) is 6.25. The zero-order chi connectivity index (χ0) is 34.2. The lowest BCUT2D eigenvalue weighted by atomic mass is 9.81. The number of halogens is 2. The molecule has 2 N–H and O–H groups in total. The Kier molecular flexibility index (Phi) is 13.0. The Morgan fingerprint density at radius 1 is 0.894 bits per heavy atom. The third-order valence-corrected chi connectivity index (χ3v) is 10.5. The van der Waals surface area contributed by atoms with Crippen molar-refractivity contribution in [2.24, 2.45) is 0 Å². The molecule has 2 aromatic rings. The van der Waals surface area contributed by atoms with Gasteiger partial charge in [-0.15, -0.1) is 4.33 Å². The van der Waals surface area contributed by atoms with E-state index in [4.69, 9.17) is 33.0 Å². The molecular formula is C35H43Cl2N2O6S2+. The van der Waals surface area contributed by atoms with Gasteiger partial charge in [-0.2, -0.15) is 13.0 Å². The SMILES string of the molecule is CC1(C)C(=CC=CC=CC=CC2=[N+](CCCCS(=O)(=O)O)c3ccc(Cl)cc3C2(C)C)N(CCCCSOOO)c2ccc(Cl)cc21. The largest absolute Gasteiger partial charge is 0.344 e. The Labute approximate surface area is 292 Å². The van der Waals surface area contributed by atoms with E-state index in [2.05, 4.69) is 70.8 Å². The van der Waals surface area contributed by atoms with Gasteiger partial charge in [0.1, 0.15) is 6.54 Å². The van der Waals surface area contributed by atoms with Crippen molar-refractivity contribution < 1.29 is 32.2 Å². The topological polar surface area (TPSA) is 99.3 Å². The molecule has 4 rings (SSSR count). The maximum atomic E-state index is 11.2. The first-order valence-corrected chi connectivity index (χ1v) is 18.8. The zero-order valence-electron chi connectivity index (χ0n) is 27.2. The predicted molar refractivity (Wildman–Crippen MR) is 194 cm³/mol. The second-order valence-electron chi connectivity index (χ2n) is 12.6. The van der Waals surface area contributed by atoms with Crippen LogP contribution >= 0.6 is 35.2 Å². The lowest BCUT2D eigenvalue weighted by molar-refractivity contribution is -0.438. The van der Waals surface area contributed by atoms with E-state index in [1.807, 2.05) is 54.6 Å². The third kappa shape index (κ3) is 9.39. The first-order valence-electron chi connectivity index (χ1n) is 15.6. The van der Waals surface area contributed by atoms with Gasteiger partial charge >= 0.3 is 0 Å². The number of anilines is 1. The van der Waals surface area contributed by atoms with E-state index in [1.54, 1.807) is 0 Å². The van der Waals surface area contributed by atoms with Gasteiger partial charge in [-0.1, -0.05) is 72.5 Å². The summed E-state index contributed by atoms with van der Waals surface area (Å²) in [6.45, 7) is 10.2. The van der Waals surface area contributed by atoms with Crippen molar-refractivity contribution in [3.8, 4) is 0 Å². The molecule has 0 aliphatic carbocycles. The quantitative estimate of drug-likeness (QED) is 0.0337. The molecule has 0 bridgehead atoms. The molecule has 2 aliphatic rings. The number of hydrogen-bond acceptors (Lipinski definition) is 7. The monoisotopic (exact) mass is 721 g/mol. The van der Waals surface area contributed by atoms with Crippen molar-refractivity contribution in [1.82, 2.24) is 0 Å². The standard InChI is InChI=1S/C35H42Cl2N2O6S2/c1-34(2)28-24-26(36)16-18-30(28)38(20-10-12-22-46-45-44-40)32(34)14-8-6-5-7-9-15-33-35(3,4)29-25-27(37)17-19-31(29)39(33)21-11-13-23-47(41,42)43/h5-9,14-19,24-25H,10-13,20-23H2,1-4H3,(H-,40,41,42,43)/p+1. The summed E-state index contributed by atoms with van der Waals surface area (Å²) in [4.78, 5) is 2.35. The minimum atomic E-state index is -3.99. The van der Waals surface area contributed by atoms with Crippen molar-refractivity contribution in [3.63, 3.8) is 0 Å². The summed E-state index contributed by atoms with van der Waals surface area (Å²) in [7, 11) is -3.99. The molecule has 12 heteroatoms. The highest BCUT2D eigenvalue weighted by Crippen LogP contribution is 2.48. The normalized spacial score (nSPS) is 18.0. The van der Waals surface area contributed by atoms with Crippen LogP contribution in [0.5, 0.6) is 0 Å². The van der Waals surface area contributed by atoms with Gasteiger partial charge in [-0.25, -0.2) is 5.26 Å². The van der Waals surface area contributed by atoms with E-state index in [0.29, 0.717) is 35.2 Å². The van der Waals surface area contributed by atoms with Crippen LogP contribution < -0.4 is 4.90 Å². The fraction of sp³-hybridized carbons (Fsp3) is 0.400. The number of rotatable bonds is 16. The first-order chi connectivity index (χ1) is 22.3. The Morgan fingerprint density at radius 3 is 2.30 bits per heavy atom. The Hall–Kier alpha value is -2.41. The van der Waals surface area contributed by atoms with Crippen LogP contribution in [0.25, 0.3) is 0 Å². The lowest BCUT2D eigenvalue weighted by Crippen LogP contribution is -2.28. The van der Waals surface area contributed by atoms with E-state index < -0.39 is 10.1 Å². The van der Waals surface area contributed by atoms with Crippen molar-refractivity contribution in [2.45, 2.75) is 64.2 Å². The van der Waals surface area contributed by atoms with Crippen LogP contribution in [0.1, 0.15) is 64.5 Å². The fourth-order valence-electron chi connectivity index (χ4n) is 6.30. The second kappa shape index (κ2) is 16.3. The van der Waals surface area contributed by atoms with Gasteiger partial charge < -0.3 is 4.90 Å². The number of fused-ring (bicyclic) bond motifs is 2. The third-order valence-electron chi connectivity index (χ3n) is 8.63. The maximum Gasteiger partial charge on any atom is 0.264 e. The maximum absolute atomic E-state index is 11.2. The molecule has 0 aromatic heterocycles. The summed E-state index contributed by atoms with van der Waals surface area (Å²) < 4.78 is 38.3. The zero-order valence-corrected chi connectivity index (χ0v) is 30.3. The summed E-state index contributed by atoms with van der Waals surface area (Å²) in [6.07, 6.45) is 17.1. The van der Waals surface area contributed by atoms with Crippen molar-refractivity contribution in [2.75, 3.05) is 29.5 Å². The highest BCUT2D eigenvalue weighted by Gasteiger charge is 2.44. The van der Waals surface area contributed by atoms with E-state index in [1.165, 1.54) is 11.3 Å². The number of unbranched alkanes of at least 4 members (excludes halogenated alkanes) is 2.